The molecule has 7 nitrogen and oxygen atoms in total. The molecule has 138 valence electrons. The van der Waals surface area contributed by atoms with E-state index in [1.807, 2.05) is 0 Å². The predicted octanol–water partition coefficient (Wildman–Crippen LogP) is 2.62. The SMILES string of the molecule is COc1ccc(F)cc1C(=O)N1CCC(C(=O)Nc2cc(C)on2)CC1. The van der Waals surface area contributed by atoms with Crippen molar-refractivity contribution in [3.8, 4) is 5.75 Å². The molecule has 0 bridgehead atoms. The van der Waals surface area contributed by atoms with E-state index in [1.165, 1.54) is 25.3 Å². The fraction of sp³-hybridized carbons (Fsp3) is 0.389. The minimum atomic E-state index is -0.494. The Labute approximate surface area is 150 Å². The van der Waals surface area contributed by atoms with E-state index in [2.05, 4.69) is 10.5 Å². The number of nitrogens with zero attached hydrogens (tertiary/aromatic N) is 2. The number of anilines is 1. The van der Waals surface area contributed by atoms with Gasteiger partial charge in [0.15, 0.2) is 5.82 Å². The lowest BCUT2D eigenvalue weighted by molar-refractivity contribution is -0.121. The summed E-state index contributed by atoms with van der Waals surface area (Å²) in [6.45, 7) is 2.57. The Bertz CT molecular complexity index is 813. The van der Waals surface area contributed by atoms with Gasteiger partial charge in [0, 0.05) is 25.1 Å². The van der Waals surface area contributed by atoms with Crippen molar-refractivity contribution in [2.24, 2.45) is 5.92 Å². The maximum atomic E-state index is 13.5. The van der Waals surface area contributed by atoms with Crippen LogP contribution in [0.15, 0.2) is 28.8 Å². The number of aromatic nitrogens is 1. The van der Waals surface area contributed by atoms with Gasteiger partial charge >= 0.3 is 0 Å². The van der Waals surface area contributed by atoms with Crippen molar-refractivity contribution in [1.82, 2.24) is 10.1 Å². The van der Waals surface area contributed by atoms with E-state index in [4.69, 9.17) is 9.26 Å². The summed E-state index contributed by atoms with van der Waals surface area (Å²) in [5, 5.41) is 6.46. The Balaban J connectivity index is 1.60. The number of methoxy groups -OCH3 is 1. The Morgan fingerprint density at radius 3 is 2.65 bits per heavy atom. The van der Waals surface area contributed by atoms with Gasteiger partial charge in [0.25, 0.3) is 5.91 Å². The second kappa shape index (κ2) is 7.55. The molecular formula is C18H20FN3O4. The Morgan fingerprint density at radius 2 is 2.04 bits per heavy atom. The van der Waals surface area contributed by atoms with Gasteiger partial charge in [-0.1, -0.05) is 5.16 Å². The number of carbonyl (C=O) groups is 2. The van der Waals surface area contributed by atoms with Gasteiger partial charge in [-0.05, 0) is 38.0 Å². The summed E-state index contributed by atoms with van der Waals surface area (Å²) in [7, 11) is 1.44. The van der Waals surface area contributed by atoms with Gasteiger partial charge < -0.3 is 19.5 Å². The van der Waals surface area contributed by atoms with Crippen LogP contribution in [0.2, 0.25) is 0 Å². The molecule has 0 saturated carbocycles. The molecule has 3 rings (SSSR count). The molecule has 0 spiro atoms. The second-order valence-electron chi connectivity index (χ2n) is 6.22. The van der Waals surface area contributed by atoms with Crippen molar-refractivity contribution in [2.45, 2.75) is 19.8 Å². The number of likely N-dealkylation sites (tertiary alicyclic amines) is 1. The monoisotopic (exact) mass is 361 g/mol. The molecule has 2 heterocycles. The summed E-state index contributed by atoms with van der Waals surface area (Å²) in [5.41, 5.74) is 0.188. The van der Waals surface area contributed by atoms with Crippen LogP contribution in [-0.2, 0) is 4.79 Å². The van der Waals surface area contributed by atoms with Crippen LogP contribution in [0.3, 0.4) is 0 Å². The van der Waals surface area contributed by atoms with Crippen molar-refractivity contribution in [2.75, 3.05) is 25.5 Å². The minimum Gasteiger partial charge on any atom is -0.496 e. The van der Waals surface area contributed by atoms with E-state index in [-0.39, 0.29) is 23.3 Å². The van der Waals surface area contributed by atoms with Crippen molar-refractivity contribution in [3.63, 3.8) is 0 Å². The largest absolute Gasteiger partial charge is 0.496 e. The van der Waals surface area contributed by atoms with Gasteiger partial charge in [0.05, 0.1) is 12.7 Å². The third kappa shape index (κ3) is 3.84. The van der Waals surface area contributed by atoms with E-state index in [0.717, 1.165) is 0 Å². The van der Waals surface area contributed by atoms with Gasteiger partial charge in [0.1, 0.15) is 17.3 Å². The molecule has 0 radical (unpaired) electrons. The first-order chi connectivity index (χ1) is 12.5. The number of carbonyl (C=O) groups excluding carboxylic acids is 2. The number of hydrogen-bond donors (Lipinski definition) is 1. The molecule has 1 aliphatic rings. The molecule has 1 fully saturated rings. The predicted molar refractivity (Wildman–Crippen MR) is 91.4 cm³/mol. The average Bonchev–Trinajstić information content (AvgIpc) is 3.06. The highest BCUT2D eigenvalue weighted by atomic mass is 19.1. The van der Waals surface area contributed by atoms with Crippen LogP contribution >= 0.6 is 0 Å². The first kappa shape index (κ1) is 17.9. The highest BCUT2D eigenvalue weighted by Gasteiger charge is 2.29. The summed E-state index contributed by atoms with van der Waals surface area (Å²) in [6.07, 6.45) is 1.04. The van der Waals surface area contributed by atoms with E-state index in [0.29, 0.717) is 43.3 Å². The maximum absolute atomic E-state index is 13.5. The third-order valence-electron chi connectivity index (χ3n) is 4.42. The maximum Gasteiger partial charge on any atom is 0.257 e. The normalized spacial score (nSPS) is 15.0. The molecule has 26 heavy (non-hydrogen) atoms. The van der Waals surface area contributed by atoms with Crippen LogP contribution < -0.4 is 10.1 Å². The van der Waals surface area contributed by atoms with Crippen LogP contribution in [0.5, 0.6) is 5.75 Å². The summed E-state index contributed by atoms with van der Waals surface area (Å²) in [4.78, 5) is 26.6. The number of amides is 2. The highest BCUT2D eigenvalue weighted by Crippen LogP contribution is 2.25. The topological polar surface area (TPSA) is 84.7 Å². The quantitative estimate of drug-likeness (QED) is 0.905. The fourth-order valence-electron chi connectivity index (χ4n) is 3.02. The lowest BCUT2D eigenvalue weighted by Crippen LogP contribution is -2.41. The Kier molecular flexibility index (Phi) is 5.20. The summed E-state index contributed by atoms with van der Waals surface area (Å²) in [5.74, 6) is 0.177. The molecule has 0 aliphatic carbocycles. The highest BCUT2D eigenvalue weighted by molar-refractivity contribution is 5.97. The fourth-order valence-corrected chi connectivity index (χ4v) is 3.02. The molecule has 2 amide bonds. The van der Waals surface area contributed by atoms with Crippen LogP contribution in [-0.4, -0.2) is 42.1 Å². The van der Waals surface area contributed by atoms with Crippen LogP contribution in [0.25, 0.3) is 0 Å². The average molecular weight is 361 g/mol. The van der Waals surface area contributed by atoms with Crippen molar-refractivity contribution >= 4 is 17.6 Å². The van der Waals surface area contributed by atoms with Gasteiger partial charge in [0.2, 0.25) is 5.91 Å². The molecule has 1 N–H and O–H groups in total. The number of piperidine rings is 1. The number of hydrogen-bond acceptors (Lipinski definition) is 5. The van der Waals surface area contributed by atoms with Crippen LogP contribution in [0, 0.1) is 18.7 Å². The zero-order valence-electron chi connectivity index (χ0n) is 14.6. The summed E-state index contributed by atoms with van der Waals surface area (Å²) < 4.78 is 23.6. The third-order valence-corrected chi connectivity index (χ3v) is 4.42. The van der Waals surface area contributed by atoms with Gasteiger partial charge in [-0.25, -0.2) is 4.39 Å². The number of ether oxygens (including phenoxy) is 1. The number of benzene rings is 1. The number of halogens is 1. The van der Waals surface area contributed by atoms with Gasteiger partial charge in [-0.3, -0.25) is 9.59 Å². The molecule has 1 aromatic carbocycles. The van der Waals surface area contributed by atoms with Crippen LogP contribution in [0.4, 0.5) is 10.2 Å². The smallest absolute Gasteiger partial charge is 0.257 e. The van der Waals surface area contributed by atoms with Gasteiger partial charge in [-0.15, -0.1) is 0 Å². The molecular weight excluding hydrogens is 341 g/mol. The molecule has 8 heteroatoms. The molecule has 1 saturated heterocycles. The van der Waals surface area contributed by atoms with E-state index < -0.39 is 5.82 Å². The van der Waals surface area contributed by atoms with E-state index in [1.54, 1.807) is 17.9 Å². The van der Waals surface area contributed by atoms with Crippen molar-refractivity contribution < 1.29 is 23.2 Å². The molecule has 0 unspecified atom stereocenters. The first-order valence-corrected chi connectivity index (χ1v) is 8.35. The molecule has 2 aromatic rings. The Hall–Kier alpha value is -2.90. The lowest BCUT2D eigenvalue weighted by atomic mass is 9.95. The molecule has 0 atom stereocenters. The zero-order valence-corrected chi connectivity index (χ0v) is 14.6. The summed E-state index contributed by atoms with van der Waals surface area (Å²) >= 11 is 0. The Morgan fingerprint density at radius 1 is 1.31 bits per heavy atom. The second-order valence-corrected chi connectivity index (χ2v) is 6.22. The number of nitrogens with one attached hydrogen (secondary N) is 1. The van der Waals surface area contributed by atoms with Crippen molar-refractivity contribution in [3.05, 3.63) is 41.4 Å². The van der Waals surface area contributed by atoms with E-state index in [9.17, 15) is 14.0 Å². The van der Waals surface area contributed by atoms with E-state index >= 15 is 0 Å². The summed E-state index contributed by atoms with van der Waals surface area (Å²) in [6, 6.07) is 5.50. The lowest BCUT2D eigenvalue weighted by Gasteiger charge is -2.31. The van der Waals surface area contributed by atoms with Crippen LogP contribution in [0.1, 0.15) is 29.0 Å². The standard InChI is InChI=1S/C18H20FN3O4/c1-11-9-16(21-26-11)20-17(23)12-5-7-22(8-6-12)18(24)14-10-13(19)3-4-15(14)25-2/h3-4,9-10,12H,5-8H2,1-2H3,(H,20,21,23). The zero-order chi connectivity index (χ0) is 18.7. The number of aryl methyl sites for hydroxylation is 1. The molecule has 1 aromatic heterocycles. The first-order valence-electron chi connectivity index (χ1n) is 8.35. The number of rotatable bonds is 4. The van der Waals surface area contributed by atoms with Gasteiger partial charge in [-0.2, -0.15) is 0 Å². The minimum absolute atomic E-state index is 0.145. The molecule has 1 aliphatic heterocycles. The van der Waals surface area contributed by atoms with Crippen molar-refractivity contribution in [1.29, 1.82) is 0 Å².